The lowest BCUT2D eigenvalue weighted by molar-refractivity contribution is 0.0635. The van der Waals surface area contributed by atoms with E-state index in [1.54, 1.807) is 19.0 Å². The zero-order chi connectivity index (χ0) is 20.4. The summed E-state index contributed by atoms with van der Waals surface area (Å²) in [4.78, 5) is 25.6. The summed E-state index contributed by atoms with van der Waals surface area (Å²) in [6, 6.07) is 7.44. The standard InChI is InChI=1S/C20H28N4O3/c1-13-17(21-19(26)27-20(3,4)5)14(2)24(22-13)12-15-8-10-16(11-9-15)18(25)23(6)7/h8-11H,12H2,1-7H3,(H,21,26). The van der Waals surface area contributed by atoms with E-state index < -0.39 is 11.7 Å². The van der Waals surface area contributed by atoms with Crippen molar-refractivity contribution in [3.63, 3.8) is 0 Å². The molecule has 0 aliphatic heterocycles. The van der Waals surface area contributed by atoms with E-state index in [0.29, 0.717) is 17.8 Å². The van der Waals surface area contributed by atoms with E-state index in [0.717, 1.165) is 17.0 Å². The maximum Gasteiger partial charge on any atom is 0.412 e. The van der Waals surface area contributed by atoms with Crippen molar-refractivity contribution in [1.82, 2.24) is 14.7 Å². The molecule has 0 spiro atoms. The predicted molar refractivity (Wildman–Crippen MR) is 105 cm³/mol. The zero-order valence-electron chi connectivity index (χ0n) is 17.1. The third kappa shape index (κ3) is 5.32. The quantitative estimate of drug-likeness (QED) is 0.890. The van der Waals surface area contributed by atoms with Gasteiger partial charge in [0, 0.05) is 19.7 Å². The third-order valence-corrected chi connectivity index (χ3v) is 3.95. The van der Waals surface area contributed by atoms with Gasteiger partial charge in [-0.25, -0.2) is 4.79 Å². The number of aryl methyl sites for hydroxylation is 1. The van der Waals surface area contributed by atoms with Crippen molar-refractivity contribution >= 4 is 17.7 Å². The number of rotatable bonds is 4. The molecule has 0 fully saturated rings. The Bertz CT molecular complexity index is 830. The first-order chi connectivity index (χ1) is 12.5. The summed E-state index contributed by atoms with van der Waals surface area (Å²) in [6.45, 7) is 9.74. The molecule has 1 aromatic heterocycles. The fourth-order valence-corrected chi connectivity index (χ4v) is 2.62. The highest BCUT2D eigenvalue weighted by Gasteiger charge is 2.20. The SMILES string of the molecule is Cc1nn(Cc2ccc(C(=O)N(C)C)cc2)c(C)c1NC(=O)OC(C)(C)C. The number of ether oxygens (including phenoxy) is 1. The van der Waals surface area contributed by atoms with Crippen LogP contribution >= 0.6 is 0 Å². The molecule has 0 bridgehead atoms. The minimum atomic E-state index is -0.562. The monoisotopic (exact) mass is 372 g/mol. The van der Waals surface area contributed by atoms with E-state index >= 15 is 0 Å². The molecular weight excluding hydrogens is 344 g/mol. The van der Waals surface area contributed by atoms with Crippen molar-refractivity contribution in [2.45, 2.75) is 46.8 Å². The van der Waals surface area contributed by atoms with Crippen LogP contribution in [0.3, 0.4) is 0 Å². The van der Waals surface area contributed by atoms with Crippen LogP contribution in [0.5, 0.6) is 0 Å². The van der Waals surface area contributed by atoms with Gasteiger partial charge >= 0.3 is 6.09 Å². The summed E-state index contributed by atoms with van der Waals surface area (Å²) in [7, 11) is 3.45. The number of nitrogens with zero attached hydrogens (tertiary/aromatic N) is 3. The first kappa shape index (κ1) is 20.5. The van der Waals surface area contributed by atoms with Gasteiger partial charge in [-0.2, -0.15) is 5.10 Å². The van der Waals surface area contributed by atoms with Gasteiger partial charge in [-0.15, -0.1) is 0 Å². The van der Waals surface area contributed by atoms with Gasteiger partial charge < -0.3 is 9.64 Å². The number of anilines is 1. The normalized spacial score (nSPS) is 11.2. The van der Waals surface area contributed by atoms with Crippen LogP contribution in [0.2, 0.25) is 0 Å². The van der Waals surface area contributed by atoms with E-state index in [1.165, 1.54) is 0 Å². The number of hydrogen-bond acceptors (Lipinski definition) is 4. The van der Waals surface area contributed by atoms with Crippen molar-refractivity contribution in [1.29, 1.82) is 0 Å². The van der Waals surface area contributed by atoms with Crippen molar-refractivity contribution in [3.05, 3.63) is 46.8 Å². The fraction of sp³-hybridized carbons (Fsp3) is 0.450. The Hall–Kier alpha value is -2.83. The lowest BCUT2D eigenvalue weighted by atomic mass is 10.1. The molecule has 7 heteroatoms. The lowest BCUT2D eigenvalue weighted by Crippen LogP contribution is -2.27. The predicted octanol–water partition coefficient (Wildman–Crippen LogP) is 3.60. The van der Waals surface area contributed by atoms with Gasteiger partial charge in [0.15, 0.2) is 0 Å². The van der Waals surface area contributed by atoms with E-state index in [1.807, 2.05) is 63.6 Å². The second-order valence-electron chi connectivity index (χ2n) is 7.73. The van der Waals surface area contributed by atoms with Gasteiger partial charge in [-0.05, 0) is 52.3 Å². The highest BCUT2D eigenvalue weighted by Crippen LogP contribution is 2.22. The van der Waals surface area contributed by atoms with Crippen LogP contribution in [0.25, 0.3) is 0 Å². The highest BCUT2D eigenvalue weighted by atomic mass is 16.6. The zero-order valence-corrected chi connectivity index (χ0v) is 17.1. The molecule has 1 aromatic carbocycles. The lowest BCUT2D eigenvalue weighted by Gasteiger charge is -2.19. The number of carbonyl (C=O) groups is 2. The number of carbonyl (C=O) groups excluding carboxylic acids is 2. The Morgan fingerprint density at radius 2 is 1.74 bits per heavy atom. The maximum absolute atomic E-state index is 12.1. The summed E-state index contributed by atoms with van der Waals surface area (Å²) >= 11 is 0. The average molecular weight is 372 g/mol. The second kappa shape index (κ2) is 7.82. The van der Waals surface area contributed by atoms with Crippen molar-refractivity contribution in [2.24, 2.45) is 0 Å². The number of nitrogens with one attached hydrogen (secondary N) is 1. The summed E-state index contributed by atoms with van der Waals surface area (Å²) in [5.41, 5.74) is 3.31. The molecule has 0 atom stereocenters. The van der Waals surface area contributed by atoms with Crippen LogP contribution in [0.15, 0.2) is 24.3 Å². The molecule has 2 rings (SSSR count). The van der Waals surface area contributed by atoms with Gasteiger partial charge in [-0.1, -0.05) is 12.1 Å². The molecule has 146 valence electrons. The highest BCUT2D eigenvalue weighted by molar-refractivity contribution is 5.93. The van der Waals surface area contributed by atoms with Gasteiger partial charge in [0.25, 0.3) is 5.91 Å². The number of aromatic nitrogens is 2. The molecule has 0 unspecified atom stereocenters. The fourth-order valence-electron chi connectivity index (χ4n) is 2.62. The molecule has 27 heavy (non-hydrogen) atoms. The molecule has 1 heterocycles. The number of hydrogen-bond donors (Lipinski definition) is 1. The molecule has 0 saturated heterocycles. The largest absolute Gasteiger partial charge is 0.444 e. The van der Waals surface area contributed by atoms with Crippen molar-refractivity contribution in [2.75, 3.05) is 19.4 Å². The molecule has 2 aromatic rings. The molecule has 7 nitrogen and oxygen atoms in total. The molecule has 0 saturated carbocycles. The topological polar surface area (TPSA) is 76.5 Å². The van der Waals surface area contributed by atoms with Gasteiger partial charge in [0.1, 0.15) is 5.60 Å². The smallest absolute Gasteiger partial charge is 0.412 e. The van der Waals surface area contributed by atoms with E-state index in [-0.39, 0.29) is 5.91 Å². The molecule has 0 aliphatic carbocycles. The maximum atomic E-state index is 12.1. The summed E-state index contributed by atoms with van der Waals surface area (Å²) in [5, 5.41) is 7.30. The van der Waals surface area contributed by atoms with Gasteiger partial charge in [0.2, 0.25) is 0 Å². The first-order valence-electron chi connectivity index (χ1n) is 8.82. The molecule has 2 amide bonds. The van der Waals surface area contributed by atoms with Crippen molar-refractivity contribution < 1.29 is 14.3 Å². The van der Waals surface area contributed by atoms with Crippen molar-refractivity contribution in [3.8, 4) is 0 Å². The van der Waals surface area contributed by atoms with Crippen LogP contribution in [0.4, 0.5) is 10.5 Å². The first-order valence-corrected chi connectivity index (χ1v) is 8.82. The second-order valence-corrected chi connectivity index (χ2v) is 7.73. The number of benzene rings is 1. The van der Waals surface area contributed by atoms with E-state index in [2.05, 4.69) is 10.4 Å². The van der Waals surface area contributed by atoms with Crippen LogP contribution < -0.4 is 5.32 Å². The Morgan fingerprint density at radius 3 is 2.26 bits per heavy atom. The molecule has 0 aliphatic rings. The Kier molecular flexibility index (Phi) is 5.93. The van der Waals surface area contributed by atoms with Crippen LogP contribution in [-0.4, -0.2) is 46.4 Å². The number of amides is 2. The Morgan fingerprint density at radius 1 is 1.15 bits per heavy atom. The van der Waals surface area contributed by atoms with Crippen LogP contribution in [0.1, 0.15) is 48.1 Å². The van der Waals surface area contributed by atoms with E-state index in [4.69, 9.17) is 4.74 Å². The third-order valence-electron chi connectivity index (χ3n) is 3.95. The minimum Gasteiger partial charge on any atom is -0.444 e. The van der Waals surface area contributed by atoms with Crippen LogP contribution in [-0.2, 0) is 11.3 Å². The summed E-state index contributed by atoms with van der Waals surface area (Å²) in [6.07, 6.45) is -0.500. The Labute approximate surface area is 160 Å². The molecular formula is C20H28N4O3. The minimum absolute atomic E-state index is 0.0310. The average Bonchev–Trinajstić information content (AvgIpc) is 2.80. The van der Waals surface area contributed by atoms with Gasteiger partial charge in [-0.3, -0.25) is 14.8 Å². The summed E-state index contributed by atoms with van der Waals surface area (Å²) < 4.78 is 7.14. The molecule has 0 radical (unpaired) electrons. The van der Waals surface area contributed by atoms with Gasteiger partial charge in [0.05, 0.1) is 23.6 Å². The van der Waals surface area contributed by atoms with E-state index in [9.17, 15) is 9.59 Å². The Balaban J connectivity index is 2.14. The summed E-state index contributed by atoms with van der Waals surface area (Å²) in [5.74, 6) is -0.0310. The van der Waals surface area contributed by atoms with Crippen LogP contribution in [0, 0.1) is 13.8 Å². The molecule has 1 N–H and O–H groups in total.